The van der Waals surface area contributed by atoms with Crippen molar-refractivity contribution in [3.05, 3.63) is 70.2 Å². The molecule has 0 spiro atoms. The number of halogens is 1. The molecule has 0 radical (unpaired) electrons. The highest BCUT2D eigenvalue weighted by Gasteiger charge is 2.38. The summed E-state index contributed by atoms with van der Waals surface area (Å²) in [5.41, 5.74) is 1.96. The van der Waals surface area contributed by atoms with Gasteiger partial charge in [0.2, 0.25) is 0 Å². The lowest BCUT2D eigenvalue weighted by molar-refractivity contribution is -0.129. The second kappa shape index (κ2) is 6.76. The van der Waals surface area contributed by atoms with Gasteiger partial charge in [0.05, 0.1) is 12.0 Å². The van der Waals surface area contributed by atoms with Crippen LogP contribution in [0.5, 0.6) is 0 Å². The number of hydrogen-bond donors (Lipinski definition) is 1. The molecule has 0 heterocycles. The molecule has 0 aromatic heterocycles. The Bertz CT molecular complexity index is 636. The molecule has 1 aliphatic carbocycles. The Morgan fingerprint density at radius 2 is 1.73 bits per heavy atom. The van der Waals surface area contributed by atoms with Crippen LogP contribution in [-0.4, -0.2) is 10.9 Å². The molecule has 0 saturated heterocycles. The molecule has 3 atom stereocenters. The predicted octanol–water partition coefficient (Wildman–Crippen LogP) is 4.64. The molecule has 22 heavy (non-hydrogen) atoms. The zero-order valence-electron chi connectivity index (χ0n) is 12.3. The number of carbonyl (C=O) groups excluding carboxylic acids is 1. The van der Waals surface area contributed by atoms with Gasteiger partial charge in [-0.25, -0.2) is 0 Å². The quantitative estimate of drug-likeness (QED) is 0.867. The summed E-state index contributed by atoms with van der Waals surface area (Å²) in [5.74, 6) is -0.0751. The summed E-state index contributed by atoms with van der Waals surface area (Å²) in [5, 5.41) is 10.8. The molecule has 1 N–H and O–H groups in total. The standard InChI is InChI=1S/C19H19BrO2/c20-15-11-9-14(10-12-15)19(22)18-16(7-4-8-17(18)21)13-5-2-1-3-6-13/h1-3,5-6,9-12,16,18-19,22H,4,7-8H2. The van der Waals surface area contributed by atoms with Crippen molar-refractivity contribution >= 4 is 21.7 Å². The van der Waals surface area contributed by atoms with E-state index in [1.165, 1.54) is 0 Å². The van der Waals surface area contributed by atoms with E-state index in [0.717, 1.165) is 28.4 Å². The molecular weight excluding hydrogens is 340 g/mol. The second-order valence-electron chi connectivity index (χ2n) is 5.90. The molecule has 1 aliphatic rings. The highest BCUT2D eigenvalue weighted by atomic mass is 79.9. The van der Waals surface area contributed by atoms with Gasteiger partial charge in [-0.3, -0.25) is 4.79 Å². The molecule has 2 aromatic rings. The first kappa shape index (κ1) is 15.4. The largest absolute Gasteiger partial charge is 0.388 e. The van der Waals surface area contributed by atoms with Crippen molar-refractivity contribution in [3.8, 4) is 0 Å². The van der Waals surface area contributed by atoms with Crippen molar-refractivity contribution in [3.63, 3.8) is 0 Å². The smallest absolute Gasteiger partial charge is 0.139 e. The molecule has 0 bridgehead atoms. The summed E-state index contributed by atoms with van der Waals surface area (Å²) in [6.45, 7) is 0. The molecule has 2 aromatic carbocycles. The Kier molecular flexibility index (Phi) is 4.74. The van der Waals surface area contributed by atoms with E-state index >= 15 is 0 Å². The van der Waals surface area contributed by atoms with E-state index in [1.807, 2.05) is 42.5 Å². The van der Waals surface area contributed by atoms with E-state index in [0.29, 0.717) is 6.42 Å². The second-order valence-corrected chi connectivity index (χ2v) is 6.81. The molecule has 1 saturated carbocycles. The Morgan fingerprint density at radius 3 is 2.41 bits per heavy atom. The number of aliphatic hydroxyl groups is 1. The van der Waals surface area contributed by atoms with Crippen molar-refractivity contribution in [2.75, 3.05) is 0 Å². The fourth-order valence-corrected chi connectivity index (χ4v) is 3.67. The highest BCUT2D eigenvalue weighted by molar-refractivity contribution is 9.10. The number of Topliss-reactive ketones (excluding diaryl/α,β-unsaturated/α-hetero) is 1. The zero-order valence-corrected chi connectivity index (χ0v) is 13.9. The van der Waals surface area contributed by atoms with Crippen LogP contribution < -0.4 is 0 Å². The Labute approximate surface area is 139 Å². The maximum Gasteiger partial charge on any atom is 0.139 e. The van der Waals surface area contributed by atoms with Gasteiger partial charge in [0.25, 0.3) is 0 Å². The summed E-state index contributed by atoms with van der Waals surface area (Å²) < 4.78 is 0.970. The number of benzene rings is 2. The van der Waals surface area contributed by atoms with Crippen molar-refractivity contribution < 1.29 is 9.90 Å². The van der Waals surface area contributed by atoms with Crippen LogP contribution in [0.25, 0.3) is 0 Å². The van der Waals surface area contributed by atoms with Crippen LogP contribution >= 0.6 is 15.9 Å². The lowest BCUT2D eigenvalue weighted by Crippen LogP contribution is -2.32. The fourth-order valence-electron chi connectivity index (χ4n) is 3.40. The normalized spacial score (nSPS) is 23.3. The van der Waals surface area contributed by atoms with E-state index in [1.54, 1.807) is 0 Å². The molecule has 3 heteroatoms. The first-order valence-electron chi connectivity index (χ1n) is 7.68. The Hall–Kier alpha value is -1.45. The third-order valence-electron chi connectivity index (χ3n) is 4.52. The summed E-state index contributed by atoms with van der Waals surface area (Å²) in [4.78, 5) is 12.5. The Balaban J connectivity index is 1.93. The van der Waals surface area contributed by atoms with Gasteiger partial charge in [0.1, 0.15) is 5.78 Å². The number of ketones is 1. The van der Waals surface area contributed by atoms with Crippen LogP contribution in [0.2, 0.25) is 0 Å². The van der Waals surface area contributed by atoms with Crippen LogP contribution in [0, 0.1) is 5.92 Å². The maximum absolute atomic E-state index is 12.5. The van der Waals surface area contributed by atoms with Gasteiger partial charge in [-0.1, -0.05) is 58.4 Å². The van der Waals surface area contributed by atoms with Gasteiger partial charge in [-0.2, -0.15) is 0 Å². The first-order valence-corrected chi connectivity index (χ1v) is 8.47. The van der Waals surface area contributed by atoms with Crippen LogP contribution in [0.4, 0.5) is 0 Å². The van der Waals surface area contributed by atoms with Crippen molar-refractivity contribution in [1.82, 2.24) is 0 Å². The molecule has 3 rings (SSSR count). The van der Waals surface area contributed by atoms with Gasteiger partial charge in [0, 0.05) is 10.9 Å². The molecule has 114 valence electrons. The minimum atomic E-state index is -0.744. The summed E-state index contributed by atoms with van der Waals surface area (Å²) in [6, 6.07) is 17.7. The summed E-state index contributed by atoms with van der Waals surface area (Å²) >= 11 is 3.40. The monoisotopic (exact) mass is 358 g/mol. The highest BCUT2D eigenvalue weighted by Crippen LogP contribution is 2.42. The van der Waals surface area contributed by atoms with Gasteiger partial charge in [-0.05, 0) is 42.0 Å². The molecule has 1 fully saturated rings. The van der Waals surface area contributed by atoms with Crippen molar-refractivity contribution in [2.24, 2.45) is 5.92 Å². The third kappa shape index (κ3) is 3.16. The SMILES string of the molecule is O=C1CCCC(c2ccccc2)C1C(O)c1ccc(Br)cc1. The Morgan fingerprint density at radius 1 is 1.05 bits per heavy atom. The number of carbonyl (C=O) groups is 1. The van der Waals surface area contributed by atoms with Crippen molar-refractivity contribution in [2.45, 2.75) is 31.3 Å². The summed E-state index contributed by atoms with van der Waals surface area (Å²) in [7, 11) is 0. The van der Waals surface area contributed by atoms with Crippen LogP contribution in [0.3, 0.4) is 0 Å². The lowest BCUT2D eigenvalue weighted by Gasteiger charge is -2.34. The number of rotatable bonds is 3. The van der Waals surface area contributed by atoms with Gasteiger partial charge in [0.15, 0.2) is 0 Å². The van der Waals surface area contributed by atoms with Crippen molar-refractivity contribution in [1.29, 1.82) is 0 Å². The molecule has 0 aliphatic heterocycles. The third-order valence-corrected chi connectivity index (χ3v) is 5.05. The number of aliphatic hydroxyl groups excluding tert-OH is 1. The van der Waals surface area contributed by atoms with Crippen LogP contribution in [-0.2, 0) is 4.79 Å². The van der Waals surface area contributed by atoms with Gasteiger partial charge >= 0.3 is 0 Å². The topological polar surface area (TPSA) is 37.3 Å². The van der Waals surface area contributed by atoms with E-state index in [-0.39, 0.29) is 17.6 Å². The van der Waals surface area contributed by atoms with E-state index < -0.39 is 6.10 Å². The van der Waals surface area contributed by atoms with E-state index in [4.69, 9.17) is 0 Å². The lowest BCUT2D eigenvalue weighted by atomic mass is 9.71. The molecule has 0 amide bonds. The fraction of sp³-hybridized carbons (Fsp3) is 0.316. The molecule has 3 unspecified atom stereocenters. The van der Waals surface area contributed by atoms with E-state index in [9.17, 15) is 9.90 Å². The molecular formula is C19H19BrO2. The minimum absolute atomic E-state index is 0.0982. The molecule has 2 nitrogen and oxygen atoms in total. The van der Waals surface area contributed by atoms with Gasteiger partial charge < -0.3 is 5.11 Å². The van der Waals surface area contributed by atoms with Gasteiger partial charge in [-0.15, -0.1) is 0 Å². The first-order chi connectivity index (χ1) is 10.7. The minimum Gasteiger partial charge on any atom is -0.388 e. The summed E-state index contributed by atoms with van der Waals surface area (Å²) in [6.07, 6.45) is 1.68. The predicted molar refractivity (Wildman–Crippen MR) is 90.6 cm³/mol. The average molecular weight is 359 g/mol. The maximum atomic E-state index is 12.5. The van der Waals surface area contributed by atoms with E-state index in [2.05, 4.69) is 28.1 Å². The van der Waals surface area contributed by atoms with Crippen LogP contribution in [0.15, 0.2) is 59.1 Å². The average Bonchev–Trinajstić information content (AvgIpc) is 2.55. The van der Waals surface area contributed by atoms with Crippen LogP contribution in [0.1, 0.15) is 42.4 Å². The number of hydrogen-bond acceptors (Lipinski definition) is 2. The zero-order chi connectivity index (χ0) is 15.5.